The second-order valence-electron chi connectivity index (χ2n) is 3.04. The third-order valence-corrected chi connectivity index (χ3v) is 2.09. The second-order valence-corrected chi connectivity index (χ2v) is 3.43. The Morgan fingerprint density at radius 3 is 2.81 bits per heavy atom. The van der Waals surface area contributed by atoms with Gasteiger partial charge in [-0.05, 0) is 24.3 Å². The van der Waals surface area contributed by atoms with Crippen molar-refractivity contribution >= 4 is 23.3 Å². The van der Waals surface area contributed by atoms with E-state index in [1.165, 1.54) is 6.20 Å². The highest BCUT2D eigenvalue weighted by atomic mass is 35.5. The van der Waals surface area contributed by atoms with Gasteiger partial charge < -0.3 is 5.32 Å². The first kappa shape index (κ1) is 10.6. The van der Waals surface area contributed by atoms with Crippen molar-refractivity contribution in [3.8, 4) is 0 Å². The Bertz CT molecular complexity index is 502. The third-order valence-electron chi connectivity index (χ3n) is 1.88. The Morgan fingerprint density at radius 1 is 1.25 bits per heavy atom. The van der Waals surface area contributed by atoms with E-state index in [4.69, 9.17) is 11.6 Å². The lowest BCUT2D eigenvalue weighted by Gasteiger charge is -2.03. The lowest BCUT2D eigenvalue weighted by Crippen LogP contribution is -2.12. The molecule has 0 bridgehead atoms. The van der Waals surface area contributed by atoms with Gasteiger partial charge in [-0.25, -0.2) is 4.98 Å². The first-order valence-electron chi connectivity index (χ1n) is 4.59. The highest BCUT2D eigenvalue weighted by molar-refractivity contribution is 6.29. The molecule has 2 heterocycles. The Morgan fingerprint density at radius 2 is 2.12 bits per heavy atom. The van der Waals surface area contributed by atoms with Gasteiger partial charge in [-0.2, -0.15) is 0 Å². The van der Waals surface area contributed by atoms with Crippen LogP contribution in [-0.4, -0.2) is 15.9 Å². The zero-order valence-corrected chi connectivity index (χ0v) is 8.98. The largest absolute Gasteiger partial charge is 0.306 e. The van der Waals surface area contributed by atoms with Crippen LogP contribution in [0.2, 0.25) is 5.15 Å². The quantitative estimate of drug-likeness (QED) is 0.811. The number of hydrogen-bond acceptors (Lipinski definition) is 3. The van der Waals surface area contributed by atoms with Gasteiger partial charge in [0.15, 0.2) is 0 Å². The molecule has 4 nitrogen and oxygen atoms in total. The normalized spacial score (nSPS) is 9.81. The summed E-state index contributed by atoms with van der Waals surface area (Å²) in [7, 11) is 0. The monoisotopic (exact) mass is 233 g/mol. The highest BCUT2D eigenvalue weighted by Gasteiger charge is 2.06. The fourth-order valence-electron chi connectivity index (χ4n) is 1.16. The molecule has 2 aromatic rings. The summed E-state index contributed by atoms with van der Waals surface area (Å²) in [5.74, 6) is 0.157. The third kappa shape index (κ3) is 2.55. The van der Waals surface area contributed by atoms with Crippen LogP contribution in [0.5, 0.6) is 0 Å². The van der Waals surface area contributed by atoms with Gasteiger partial charge in [0, 0.05) is 12.4 Å². The smallest absolute Gasteiger partial charge is 0.258 e. The molecule has 0 spiro atoms. The van der Waals surface area contributed by atoms with Crippen LogP contribution in [0.1, 0.15) is 10.4 Å². The number of rotatable bonds is 2. The second kappa shape index (κ2) is 4.72. The number of nitrogens with one attached hydrogen (secondary N) is 1. The maximum Gasteiger partial charge on any atom is 0.258 e. The van der Waals surface area contributed by atoms with Crippen LogP contribution in [0.15, 0.2) is 42.7 Å². The molecule has 0 fully saturated rings. The van der Waals surface area contributed by atoms with Crippen molar-refractivity contribution in [2.75, 3.05) is 5.32 Å². The van der Waals surface area contributed by atoms with E-state index < -0.39 is 0 Å². The standard InChI is InChI=1S/C11H8ClN3O/c12-9-4-1-5-10(14-9)15-11(16)8-3-2-6-13-7-8/h1-7H,(H,14,15,16). The maximum atomic E-state index is 11.7. The van der Waals surface area contributed by atoms with Gasteiger partial charge in [-0.1, -0.05) is 17.7 Å². The molecule has 0 aliphatic heterocycles. The lowest BCUT2D eigenvalue weighted by atomic mass is 10.3. The molecule has 0 saturated carbocycles. The molecule has 80 valence electrons. The average molecular weight is 234 g/mol. The Hall–Kier alpha value is -1.94. The molecule has 0 atom stereocenters. The number of nitrogens with zero attached hydrogens (tertiary/aromatic N) is 2. The molecular weight excluding hydrogens is 226 g/mol. The van der Waals surface area contributed by atoms with E-state index >= 15 is 0 Å². The fraction of sp³-hybridized carbons (Fsp3) is 0. The van der Waals surface area contributed by atoms with Crippen molar-refractivity contribution in [2.24, 2.45) is 0 Å². The summed E-state index contributed by atoms with van der Waals surface area (Å²) in [4.78, 5) is 19.5. The van der Waals surface area contributed by atoms with Crippen molar-refractivity contribution in [1.29, 1.82) is 0 Å². The first-order chi connectivity index (χ1) is 7.75. The number of carbonyl (C=O) groups is 1. The van der Waals surface area contributed by atoms with Crippen molar-refractivity contribution in [3.63, 3.8) is 0 Å². The zero-order valence-electron chi connectivity index (χ0n) is 8.22. The van der Waals surface area contributed by atoms with Crippen LogP contribution in [-0.2, 0) is 0 Å². The molecule has 2 aromatic heterocycles. The number of carbonyl (C=O) groups excluding carboxylic acids is 1. The van der Waals surface area contributed by atoms with Crippen molar-refractivity contribution in [1.82, 2.24) is 9.97 Å². The van der Waals surface area contributed by atoms with E-state index in [1.807, 2.05) is 0 Å². The lowest BCUT2D eigenvalue weighted by molar-refractivity contribution is 0.102. The van der Waals surface area contributed by atoms with Crippen molar-refractivity contribution in [2.45, 2.75) is 0 Å². The molecule has 1 amide bonds. The Labute approximate surface area is 97.3 Å². The van der Waals surface area contributed by atoms with E-state index in [0.717, 1.165) is 0 Å². The van der Waals surface area contributed by atoms with E-state index in [9.17, 15) is 4.79 Å². The van der Waals surface area contributed by atoms with E-state index in [2.05, 4.69) is 15.3 Å². The minimum atomic E-state index is -0.261. The summed E-state index contributed by atoms with van der Waals surface area (Å²) >= 11 is 5.70. The van der Waals surface area contributed by atoms with Crippen LogP contribution in [0, 0.1) is 0 Å². The molecule has 1 N–H and O–H groups in total. The molecule has 2 rings (SSSR count). The predicted octanol–water partition coefficient (Wildman–Crippen LogP) is 2.38. The highest BCUT2D eigenvalue weighted by Crippen LogP contribution is 2.10. The SMILES string of the molecule is O=C(Nc1cccc(Cl)n1)c1cccnc1. The van der Waals surface area contributed by atoms with Gasteiger partial charge in [-0.15, -0.1) is 0 Å². The van der Waals surface area contributed by atoms with E-state index in [0.29, 0.717) is 16.5 Å². The topological polar surface area (TPSA) is 54.9 Å². The number of aromatic nitrogens is 2. The molecule has 16 heavy (non-hydrogen) atoms. The Kier molecular flexibility index (Phi) is 3.12. The van der Waals surface area contributed by atoms with Crippen LogP contribution in [0.3, 0.4) is 0 Å². The molecule has 5 heteroatoms. The summed E-state index contributed by atoms with van der Waals surface area (Å²) < 4.78 is 0. The Balaban J connectivity index is 2.14. The summed E-state index contributed by atoms with van der Waals surface area (Å²) in [5.41, 5.74) is 0.476. The van der Waals surface area contributed by atoms with Crippen LogP contribution in [0.25, 0.3) is 0 Å². The summed E-state index contributed by atoms with van der Waals surface area (Å²) in [5, 5.41) is 2.96. The van der Waals surface area contributed by atoms with Crippen LogP contribution in [0.4, 0.5) is 5.82 Å². The molecule has 0 radical (unpaired) electrons. The summed E-state index contributed by atoms with van der Waals surface area (Å²) in [6.07, 6.45) is 3.09. The molecule has 0 aliphatic carbocycles. The minimum Gasteiger partial charge on any atom is -0.306 e. The summed E-state index contributed by atoms with van der Waals surface area (Å²) in [6, 6.07) is 8.39. The summed E-state index contributed by atoms with van der Waals surface area (Å²) in [6.45, 7) is 0. The number of hydrogen-bond donors (Lipinski definition) is 1. The van der Waals surface area contributed by atoms with Crippen LogP contribution < -0.4 is 5.32 Å². The molecule has 0 unspecified atom stereocenters. The molecular formula is C11H8ClN3O. The van der Waals surface area contributed by atoms with E-state index in [-0.39, 0.29) is 5.91 Å². The van der Waals surface area contributed by atoms with Crippen molar-refractivity contribution < 1.29 is 4.79 Å². The zero-order chi connectivity index (χ0) is 11.4. The number of pyridine rings is 2. The van der Waals surface area contributed by atoms with Crippen LogP contribution >= 0.6 is 11.6 Å². The first-order valence-corrected chi connectivity index (χ1v) is 4.97. The van der Waals surface area contributed by atoms with Gasteiger partial charge in [0.05, 0.1) is 5.56 Å². The molecule has 0 saturated heterocycles. The average Bonchev–Trinajstić information content (AvgIpc) is 2.30. The molecule has 0 aliphatic rings. The fourth-order valence-corrected chi connectivity index (χ4v) is 1.33. The number of halogens is 1. The van der Waals surface area contributed by atoms with Gasteiger partial charge in [0.1, 0.15) is 11.0 Å². The van der Waals surface area contributed by atoms with Gasteiger partial charge >= 0.3 is 0 Å². The minimum absolute atomic E-state index is 0.261. The number of amides is 1. The van der Waals surface area contributed by atoms with Crippen molar-refractivity contribution in [3.05, 3.63) is 53.4 Å². The van der Waals surface area contributed by atoms with Gasteiger partial charge in [-0.3, -0.25) is 9.78 Å². The number of anilines is 1. The van der Waals surface area contributed by atoms with E-state index in [1.54, 1.807) is 36.5 Å². The van der Waals surface area contributed by atoms with Gasteiger partial charge in [0.25, 0.3) is 5.91 Å². The molecule has 0 aromatic carbocycles. The van der Waals surface area contributed by atoms with Gasteiger partial charge in [0.2, 0.25) is 0 Å². The maximum absolute atomic E-state index is 11.7. The predicted molar refractivity (Wildman–Crippen MR) is 61.4 cm³/mol.